The molecule has 8 heteroatoms. The van der Waals surface area contributed by atoms with Crippen LogP contribution in [0.4, 0.5) is 0 Å². The van der Waals surface area contributed by atoms with Gasteiger partial charge in [0.25, 0.3) is 0 Å². The summed E-state index contributed by atoms with van der Waals surface area (Å²) in [6.45, 7) is 5.68. The molecule has 7 nitrogen and oxygen atoms in total. The lowest BCUT2D eigenvalue weighted by atomic mass is 10.4. The molecule has 1 rings (SSSR count). The van der Waals surface area contributed by atoms with Gasteiger partial charge >= 0.3 is 0 Å². The Morgan fingerprint density at radius 1 is 1.50 bits per heavy atom. The lowest BCUT2D eigenvalue weighted by molar-refractivity contribution is -0.125. The minimum absolute atomic E-state index is 0.0508. The molecule has 0 aliphatic carbocycles. The fraction of sp³-hybridized carbons (Fsp3) is 0.800. The average molecular weight is 272 g/mol. The first-order valence-corrected chi connectivity index (χ1v) is 6.81. The molecule has 1 amide bonds. The van der Waals surface area contributed by atoms with Crippen molar-refractivity contribution in [1.29, 1.82) is 0 Å². The van der Waals surface area contributed by atoms with Crippen molar-refractivity contribution in [2.24, 2.45) is 0 Å². The Kier molecular flexibility index (Phi) is 6.06. The summed E-state index contributed by atoms with van der Waals surface area (Å²) in [6, 6.07) is 0.438. The predicted octanol–water partition coefficient (Wildman–Crippen LogP) is -0.149. The van der Waals surface area contributed by atoms with Gasteiger partial charge in [0.05, 0.1) is 12.3 Å². The van der Waals surface area contributed by atoms with Crippen molar-refractivity contribution in [2.45, 2.75) is 31.6 Å². The molecule has 102 valence electrons. The van der Waals surface area contributed by atoms with Crippen LogP contribution in [0.5, 0.6) is 0 Å². The molecule has 0 aliphatic rings. The second-order valence-corrected chi connectivity index (χ2v) is 5.31. The molecule has 0 unspecified atom stereocenters. The van der Waals surface area contributed by atoms with Gasteiger partial charge in [-0.1, -0.05) is 25.6 Å². The van der Waals surface area contributed by atoms with E-state index in [1.165, 1.54) is 11.8 Å². The number of aromatic nitrogens is 4. The zero-order chi connectivity index (χ0) is 13.5. The van der Waals surface area contributed by atoms with Crippen molar-refractivity contribution in [3.05, 3.63) is 0 Å². The molecule has 0 atom stereocenters. The number of rotatable bonds is 7. The van der Waals surface area contributed by atoms with E-state index in [-0.39, 0.29) is 5.91 Å². The molecular weight excluding hydrogens is 252 g/mol. The third-order valence-corrected chi connectivity index (χ3v) is 3.14. The molecule has 1 aromatic heterocycles. The Bertz CT molecular complexity index is 378. The zero-order valence-corrected chi connectivity index (χ0v) is 12.1. The number of nitrogens with zero attached hydrogens (tertiary/aromatic N) is 5. The van der Waals surface area contributed by atoms with Crippen LogP contribution in [0.25, 0.3) is 0 Å². The lowest BCUT2D eigenvalue weighted by Crippen LogP contribution is -2.27. The quantitative estimate of drug-likeness (QED) is 0.696. The van der Waals surface area contributed by atoms with E-state index in [9.17, 15) is 4.79 Å². The van der Waals surface area contributed by atoms with E-state index in [0.29, 0.717) is 23.5 Å². The summed E-state index contributed by atoms with van der Waals surface area (Å²) in [5, 5.41) is 15.4. The number of tetrazole rings is 1. The maximum Gasteiger partial charge on any atom is 0.232 e. The molecule has 0 fully saturated rings. The van der Waals surface area contributed by atoms with E-state index in [0.717, 1.165) is 6.54 Å². The van der Waals surface area contributed by atoms with E-state index < -0.39 is 0 Å². The maximum atomic E-state index is 11.5. The number of hydrogen-bond acceptors (Lipinski definition) is 6. The summed E-state index contributed by atoms with van der Waals surface area (Å²) in [6.07, 6.45) is 0. The van der Waals surface area contributed by atoms with Gasteiger partial charge in [-0.15, -0.1) is 5.10 Å². The summed E-state index contributed by atoms with van der Waals surface area (Å²) in [4.78, 5) is 13.0. The van der Waals surface area contributed by atoms with Crippen LogP contribution in [-0.2, 0) is 11.3 Å². The molecule has 1 heterocycles. The highest BCUT2D eigenvalue weighted by molar-refractivity contribution is 7.99. The molecule has 18 heavy (non-hydrogen) atoms. The fourth-order valence-electron chi connectivity index (χ4n) is 1.15. The first-order chi connectivity index (χ1) is 8.50. The molecule has 0 aromatic carbocycles. The van der Waals surface area contributed by atoms with Crippen LogP contribution in [0.15, 0.2) is 5.16 Å². The second kappa shape index (κ2) is 7.32. The van der Waals surface area contributed by atoms with Crippen molar-refractivity contribution in [3.8, 4) is 0 Å². The smallest absolute Gasteiger partial charge is 0.232 e. The van der Waals surface area contributed by atoms with Gasteiger partial charge in [-0.05, 0) is 10.4 Å². The summed E-state index contributed by atoms with van der Waals surface area (Å²) < 4.78 is 1.71. The van der Waals surface area contributed by atoms with Crippen molar-refractivity contribution in [1.82, 2.24) is 30.4 Å². The molecule has 0 saturated heterocycles. The van der Waals surface area contributed by atoms with Crippen molar-refractivity contribution in [3.63, 3.8) is 0 Å². The molecular formula is C10H20N6OS. The summed E-state index contributed by atoms with van der Waals surface area (Å²) in [5.41, 5.74) is 0. The van der Waals surface area contributed by atoms with Crippen LogP contribution in [0.1, 0.15) is 13.8 Å². The minimum atomic E-state index is 0.0508. The molecule has 1 N–H and O–H groups in total. The third-order valence-electron chi connectivity index (χ3n) is 2.20. The first kappa shape index (κ1) is 14.9. The molecule has 0 spiro atoms. The van der Waals surface area contributed by atoms with Crippen LogP contribution >= 0.6 is 11.8 Å². The van der Waals surface area contributed by atoms with Crippen LogP contribution in [0.3, 0.4) is 0 Å². The van der Waals surface area contributed by atoms with Gasteiger partial charge < -0.3 is 10.2 Å². The van der Waals surface area contributed by atoms with E-state index in [4.69, 9.17) is 0 Å². The molecule has 0 aliphatic heterocycles. The van der Waals surface area contributed by atoms with Gasteiger partial charge in [-0.25, -0.2) is 4.68 Å². The summed E-state index contributed by atoms with van der Waals surface area (Å²) in [5.74, 6) is 0.403. The molecule has 0 saturated carbocycles. The van der Waals surface area contributed by atoms with Crippen LogP contribution in [-0.4, -0.2) is 63.4 Å². The van der Waals surface area contributed by atoms with E-state index >= 15 is 0 Å². The predicted molar refractivity (Wildman–Crippen MR) is 70.4 cm³/mol. The maximum absolute atomic E-state index is 11.5. The number of carbonyl (C=O) groups is 1. The molecule has 0 bridgehead atoms. The van der Waals surface area contributed by atoms with Crippen LogP contribution in [0.2, 0.25) is 0 Å². The van der Waals surface area contributed by atoms with Crippen molar-refractivity contribution < 1.29 is 4.79 Å². The largest absolute Gasteiger partial charge is 0.348 e. The van der Waals surface area contributed by atoms with Gasteiger partial charge in [-0.3, -0.25) is 4.79 Å². The Morgan fingerprint density at radius 2 is 2.22 bits per heavy atom. The topological polar surface area (TPSA) is 75.9 Å². The number of amides is 1. The van der Waals surface area contributed by atoms with E-state index in [2.05, 4.69) is 34.7 Å². The standard InChI is InChI=1S/C10H20N6OS/c1-8(2)11-5-6-16-10(12-13-14-16)18-7-9(17)15(3)4/h8,11H,5-7H2,1-4H3. The Hall–Kier alpha value is -1.15. The lowest BCUT2D eigenvalue weighted by Gasteiger charge is -2.10. The zero-order valence-electron chi connectivity index (χ0n) is 11.3. The SMILES string of the molecule is CC(C)NCCn1nnnc1SCC(=O)N(C)C. The minimum Gasteiger partial charge on any atom is -0.348 e. The van der Waals surface area contributed by atoms with Gasteiger partial charge in [0, 0.05) is 26.7 Å². The van der Waals surface area contributed by atoms with Gasteiger partial charge in [-0.2, -0.15) is 0 Å². The number of hydrogen-bond donors (Lipinski definition) is 1. The van der Waals surface area contributed by atoms with E-state index in [1.54, 1.807) is 23.7 Å². The Labute approximate surface area is 111 Å². The number of thioether (sulfide) groups is 1. The van der Waals surface area contributed by atoms with Gasteiger partial charge in [0.2, 0.25) is 11.1 Å². The highest BCUT2D eigenvalue weighted by atomic mass is 32.2. The average Bonchev–Trinajstić information content (AvgIpc) is 2.73. The van der Waals surface area contributed by atoms with Crippen molar-refractivity contribution >= 4 is 17.7 Å². The van der Waals surface area contributed by atoms with E-state index in [1.807, 2.05) is 0 Å². The number of carbonyl (C=O) groups excluding carboxylic acids is 1. The first-order valence-electron chi connectivity index (χ1n) is 5.83. The van der Waals surface area contributed by atoms with Gasteiger partial charge in [0.1, 0.15) is 0 Å². The monoisotopic (exact) mass is 272 g/mol. The van der Waals surface area contributed by atoms with Crippen LogP contribution < -0.4 is 5.32 Å². The Morgan fingerprint density at radius 3 is 2.83 bits per heavy atom. The van der Waals surface area contributed by atoms with Crippen LogP contribution in [0, 0.1) is 0 Å². The highest BCUT2D eigenvalue weighted by Crippen LogP contribution is 2.13. The Balaban J connectivity index is 2.42. The molecule has 0 radical (unpaired) electrons. The second-order valence-electron chi connectivity index (χ2n) is 4.37. The normalized spacial score (nSPS) is 10.9. The van der Waals surface area contributed by atoms with Gasteiger partial charge in [0.15, 0.2) is 0 Å². The molecule has 1 aromatic rings. The summed E-state index contributed by atoms with van der Waals surface area (Å²) in [7, 11) is 3.47. The number of nitrogens with one attached hydrogen (secondary N) is 1. The highest BCUT2D eigenvalue weighted by Gasteiger charge is 2.10. The third kappa shape index (κ3) is 5.01. The van der Waals surface area contributed by atoms with Crippen molar-refractivity contribution in [2.75, 3.05) is 26.4 Å². The fourth-order valence-corrected chi connectivity index (χ4v) is 2.04. The summed E-state index contributed by atoms with van der Waals surface area (Å²) >= 11 is 1.36.